The third-order valence-electron chi connectivity index (χ3n) is 4.35. The molecule has 3 atom stereocenters. The Bertz CT molecular complexity index is 453. The number of hydrogen-bond acceptors (Lipinski definition) is 3. The van der Waals surface area contributed by atoms with Gasteiger partial charge in [0.15, 0.2) is 5.78 Å². The number of ether oxygens (including phenoxy) is 1. The Kier molecular flexibility index (Phi) is 4.79. The molecule has 0 N–H and O–H groups in total. The predicted molar refractivity (Wildman–Crippen MR) is 80.0 cm³/mol. The molecule has 0 amide bonds. The van der Waals surface area contributed by atoms with E-state index < -0.39 is 0 Å². The van der Waals surface area contributed by atoms with E-state index in [1.165, 1.54) is 19.8 Å². The number of rotatable bonds is 4. The summed E-state index contributed by atoms with van der Waals surface area (Å²) in [5.41, 5.74) is 0.495. The highest BCUT2D eigenvalue weighted by molar-refractivity contribution is 5.92. The summed E-state index contributed by atoms with van der Waals surface area (Å²) in [5.74, 6) is 2.73. The van der Waals surface area contributed by atoms with Crippen molar-refractivity contribution in [1.82, 2.24) is 4.98 Å². The van der Waals surface area contributed by atoms with Crippen molar-refractivity contribution in [3.8, 4) is 5.75 Å². The Morgan fingerprint density at radius 3 is 2.65 bits per heavy atom. The van der Waals surface area contributed by atoms with E-state index in [1.54, 1.807) is 12.3 Å². The van der Waals surface area contributed by atoms with E-state index >= 15 is 0 Å². The SMILES string of the molecule is CC(=O)c1ccc(OC2CC(C)CCC2C(C)C)cn1. The van der Waals surface area contributed by atoms with Gasteiger partial charge in [0, 0.05) is 6.92 Å². The number of nitrogens with zero attached hydrogens (tertiary/aromatic N) is 1. The van der Waals surface area contributed by atoms with E-state index in [-0.39, 0.29) is 11.9 Å². The second kappa shape index (κ2) is 6.38. The lowest BCUT2D eigenvalue weighted by Gasteiger charge is -2.37. The highest BCUT2D eigenvalue weighted by Crippen LogP contribution is 2.35. The van der Waals surface area contributed by atoms with Crippen molar-refractivity contribution >= 4 is 5.78 Å². The van der Waals surface area contributed by atoms with Gasteiger partial charge in [-0.25, -0.2) is 4.98 Å². The predicted octanol–water partition coefficient (Wildman–Crippen LogP) is 4.12. The molecule has 1 aliphatic rings. The van der Waals surface area contributed by atoms with E-state index in [9.17, 15) is 4.79 Å². The molecule has 0 radical (unpaired) electrons. The molecular weight excluding hydrogens is 250 g/mol. The largest absolute Gasteiger partial charge is 0.489 e. The Hall–Kier alpha value is -1.38. The van der Waals surface area contributed by atoms with Crippen molar-refractivity contribution in [2.75, 3.05) is 0 Å². The van der Waals surface area contributed by atoms with Crippen LogP contribution in [0.3, 0.4) is 0 Å². The number of pyridine rings is 1. The first kappa shape index (κ1) is 15.0. The van der Waals surface area contributed by atoms with Crippen LogP contribution in [0.5, 0.6) is 5.75 Å². The van der Waals surface area contributed by atoms with Crippen molar-refractivity contribution in [3.63, 3.8) is 0 Å². The average Bonchev–Trinajstić information content (AvgIpc) is 2.39. The third kappa shape index (κ3) is 3.59. The Morgan fingerprint density at radius 2 is 2.10 bits per heavy atom. The summed E-state index contributed by atoms with van der Waals surface area (Å²) in [6.45, 7) is 8.37. The molecule has 1 fully saturated rings. The van der Waals surface area contributed by atoms with E-state index in [0.717, 1.165) is 18.1 Å². The summed E-state index contributed by atoms with van der Waals surface area (Å²) < 4.78 is 6.16. The lowest BCUT2D eigenvalue weighted by atomic mass is 9.75. The molecule has 3 unspecified atom stereocenters. The van der Waals surface area contributed by atoms with Crippen LogP contribution in [-0.4, -0.2) is 16.9 Å². The molecule has 1 aromatic heterocycles. The zero-order valence-corrected chi connectivity index (χ0v) is 12.9. The summed E-state index contributed by atoms with van der Waals surface area (Å²) >= 11 is 0. The van der Waals surface area contributed by atoms with Gasteiger partial charge in [0.05, 0.1) is 6.20 Å². The second-order valence-corrected chi connectivity index (χ2v) is 6.42. The van der Waals surface area contributed by atoms with Gasteiger partial charge in [-0.2, -0.15) is 0 Å². The maximum Gasteiger partial charge on any atom is 0.178 e. The van der Waals surface area contributed by atoms with Crippen LogP contribution in [0.15, 0.2) is 18.3 Å². The van der Waals surface area contributed by atoms with Crippen LogP contribution in [0.1, 0.15) is 57.4 Å². The van der Waals surface area contributed by atoms with E-state index in [4.69, 9.17) is 4.74 Å². The van der Waals surface area contributed by atoms with Gasteiger partial charge in [0.25, 0.3) is 0 Å². The molecule has 2 rings (SSSR count). The van der Waals surface area contributed by atoms with Gasteiger partial charge in [-0.1, -0.05) is 27.2 Å². The van der Waals surface area contributed by atoms with E-state index in [0.29, 0.717) is 17.5 Å². The number of hydrogen-bond donors (Lipinski definition) is 0. The summed E-state index contributed by atoms with van der Waals surface area (Å²) in [5, 5.41) is 0. The summed E-state index contributed by atoms with van der Waals surface area (Å²) in [7, 11) is 0. The first-order valence-corrected chi connectivity index (χ1v) is 7.61. The Balaban J connectivity index is 2.07. The minimum absolute atomic E-state index is 0.0112. The van der Waals surface area contributed by atoms with Gasteiger partial charge in [-0.05, 0) is 42.7 Å². The van der Waals surface area contributed by atoms with Gasteiger partial charge < -0.3 is 4.74 Å². The maximum absolute atomic E-state index is 11.2. The first-order chi connectivity index (χ1) is 9.47. The molecule has 0 bridgehead atoms. The fraction of sp³-hybridized carbons (Fsp3) is 0.647. The number of aromatic nitrogens is 1. The Labute approximate surface area is 121 Å². The molecule has 3 heteroatoms. The van der Waals surface area contributed by atoms with E-state index in [2.05, 4.69) is 25.8 Å². The van der Waals surface area contributed by atoms with Crippen LogP contribution in [0.4, 0.5) is 0 Å². The second-order valence-electron chi connectivity index (χ2n) is 6.42. The summed E-state index contributed by atoms with van der Waals surface area (Å²) in [6, 6.07) is 3.61. The summed E-state index contributed by atoms with van der Waals surface area (Å²) in [6.07, 6.45) is 5.58. The van der Waals surface area contributed by atoms with Crippen LogP contribution in [-0.2, 0) is 0 Å². The summed E-state index contributed by atoms with van der Waals surface area (Å²) in [4.78, 5) is 15.4. The molecule has 0 spiro atoms. The quantitative estimate of drug-likeness (QED) is 0.776. The topological polar surface area (TPSA) is 39.2 Å². The van der Waals surface area contributed by atoms with Crippen LogP contribution < -0.4 is 4.74 Å². The highest BCUT2D eigenvalue weighted by atomic mass is 16.5. The van der Waals surface area contributed by atoms with Crippen LogP contribution >= 0.6 is 0 Å². The first-order valence-electron chi connectivity index (χ1n) is 7.61. The molecule has 3 nitrogen and oxygen atoms in total. The minimum Gasteiger partial charge on any atom is -0.489 e. The van der Waals surface area contributed by atoms with Gasteiger partial charge in [0.2, 0.25) is 0 Å². The van der Waals surface area contributed by atoms with Gasteiger partial charge >= 0.3 is 0 Å². The lowest BCUT2D eigenvalue weighted by Crippen LogP contribution is -2.36. The maximum atomic E-state index is 11.2. The molecule has 1 heterocycles. The molecular formula is C17H25NO2. The molecule has 110 valence electrons. The molecule has 1 aliphatic carbocycles. The third-order valence-corrected chi connectivity index (χ3v) is 4.35. The minimum atomic E-state index is -0.0112. The molecule has 20 heavy (non-hydrogen) atoms. The molecule has 1 aromatic rings. The van der Waals surface area contributed by atoms with Crippen LogP contribution in [0.2, 0.25) is 0 Å². The lowest BCUT2D eigenvalue weighted by molar-refractivity contribution is 0.0457. The average molecular weight is 275 g/mol. The van der Waals surface area contributed by atoms with Crippen molar-refractivity contribution in [2.45, 2.75) is 53.1 Å². The van der Waals surface area contributed by atoms with Crippen molar-refractivity contribution in [3.05, 3.63) is 24.0 Å². The van der Waals surface area contributed by atoms with Crippen molar-refractivity contribution < 1.29 is 9.53 Å². The molecule has 0 aromatic carbocycles. The number of carbonyl (C=O) groups is 1. The normalized spacial score (nSPS) is 26.6. The number of Topliss-reactive ketones (excluding diaryl/α,β-unsaturated/α-hetero) is 1. The standard InChI is InChI=1S/C17H25NO2/c1-11(2)15-7-5-12(3)9-17(15)20-14-6-8-16(13(4)19)18-10-14/h6,8,10-12,15,17H,5,7,9H2,1-4H3. The number of carbonyl (C=O) groups excluding carboxylic acids is 1. The van der Waals surface area contributed by atoms with Crippen LogP contribution in [0.25, 0.3) is 0 Å². The van der Waals surface area contributed by atoms with Crippen LogP contribution in [0, 0.1) is 17.8 Å². The van der Waals surface area contributed by atoms with Crippen molar-refractivity contribution in [2.24, 2.45) is 17.8 Å². The molecule has 0 saturated heterocycles. The van der Waals surface area contributed by atoms with Gasteiger partial charge in [-0.15, -0.1) is 0 Å². The Morgan fingerprint density at radius 1 is 1.35 bits per heavy atom. The monoisotopic (exact) mass is 275 g/mol. The van der Waals surface area contributed by atoms with E-state index in [1.807, 2.05) is 6.07 Å². The van der Waals surface area contributed by atoms with Gasteiger partial charge in [0.1, 0.15) is 17.5 Å². The van der Waals surface area contributed by atoms with Crippen molar-refractivity contribution in [1.29, 1.82) is 0 Å². The fourth-order valence-corrected chi connectivity index (χ4v) is 3.08. The molecule has 0 aliphatic heterocycles. The van der Waals surface area contributed by atoms with Gasteiger partial charge in [-0.3, -0.25) is 4.79 Å². The smallest absolute Gasteiger partial charge is 0.178 e. The zero-order chi connectivity index (χ0) is 14.7. The number of ketones is 1. The zero-order valence-electron chi connectivity index (χ0n) is 12.9. The fourth-order valence-electron chi connectivity index (χ4n) is 3.08. The highest BCUT2D eigenvalue weighted by Gasteiger charge is 2.32. The molecule has 1 saturated carbocycles.